The maximum atomic E-state index is 5.53. The molecule has 2 saturated carbocycles. The first-order valence-corrected chi connectivity index (χ1v) is 4.73. The van der Waals surface area contributed by atoms with Crippen LogP contribution in [0.4, 0.5) is 0 Å². The molecular weight excluding hydrogens is 140 g/mol. The second-order valence-electron chi connectivity index (χ2n) is 4.48. The van der Waals surface area contributed by atoms with Crippen molar-refractivity contribution < 1.29 is 9.47 Å². The van der Waals surface area contributed by atoms with Gasteiger partial charge in [-0.2, -0.15) is 0 Å². The van der Waals surface area contributed by atoms with E-state index in [2.05, 4.69) is 0 Å². The van der Waals surface area contributed by atoms with Crippen molar-refractivity contribution in [2.75, 3.05) is 0 Å². The molecule has 2 heteroatoms. The Morgan fingerprint density at radius 1 is 0.818 bits per heavy atom. The maximum Gasteiger partial charge on any atom is 0.0873 e. The van der Waals surface area contributed by atoms with Gasteiger partial charge in [-0.3, -0.25) is 0 Å². The zero-order valence-corrected chi connectivity index (χ0v) is 6.40. The van der Waals surface area contributed by atoms with Gasteiger partial charge in [0.15, 0.2) is 0 Å². The number of rotatable bonds is 0. The molecule has 4 rings (SSSR count). The maximum absolute atomic E-state index is 5.53. The number of hydrogen-bond acceptors (Lipinski definition) is 2. The van der Waals surface area contributed by atoms with Crippen molar-refractivity contribution in [1.29, 1.82) is 0 Å². The van der Waals surface area contributed by atoms with Crippen LogP contribution in [-0.2, 0) is 9.47 Å². The molecular formula is C9H12O2. The lowest BCUT2D eigenvalue weighted by molar-refractivity contribution is 0.171. The van der Waals surface area contributed by atoms with Crippen LogP contribution in [0.2, 0.25) is 0 Å². The van der Waals surface area contributed by atoms with Gasteiger partial charge in [-0.1, -0.05) is 0 Å². The molecule has 2 aliphatic carbocycles. The number of hydrogen-bond donors (Lipinski definition) is 0. The summed E-state index contributed by atoms with van der Waals surface area (Å²) in [6, 6.07) is 0. The SMILES string of the molecule is C1[C@H]2C[C@H]3O[C@H]3[C@@H]2C[C@H]2O[C@@H]12. The molecule has 2 aliphatic heterocycles. The van der Waals surface area contributed by atoms with E-state index in [1.807, 2.05) is 0 Å². The number of fused-ring (bicyclic) bond motifs is 4. The fourth-order valence-electron chi connectivity index (χ4n) is 3.22. The van der Waals surface area contributed by atoms with Gasteiger partial charge in [-0.25, -0.2) is 0 Å². The topological polar surface area (TPSA) is 25.1 Å². The van der Waals surface area contributed by atoms with Gasteiger partial charge >= 0.3 is 0 Å². The van der Waals surface area contributed by atoms with Crippen LogP contribution in [0.3, 0.4) is 0 Å². The van der Waals surface area contributed by atoms with Crippen LogP contribution >= 0.6 is 0 Å². The average molecular weight is 152 g/mol. The molecule has 2 nitrogen and oxygen atoms in total. The Morgan fingerprint density at radius 2 is 1.64 bits per heavy atom. The first-order valence-electron chi connectivity index (χ1n) is 4.73. The van der Waals surface area contributed by atoms with Crippen molar-refractivity contribution in [2.45, 2.75) is 43.7 Å². The molecule has 11 heavy (non-hydrogen) atoms. The first kappa shape index (κ1) is 5.55. The molecule has 4 fully saturated rings. The van der Waals surface area contributed by atoms with E-state index in [9.17, 15) is 0 Å². The molecule has 2 saturated heterocycles. The molecule has 0 bridgehead atoms. The molecule has 60 valence electrons. The second kappa shape index (κ2) is 1.50. The van der Waals surface area contributed by atoms with Gasteiger partial charge in [0.2, 0.25) is 0 Å². The summed E-state index contributed by atoms with van der Waals surface area (Å²) < 4.78 is 11.1. The minimum absolute atomic E-state index is 0.638. The van der Waals surface area contributed by atoms with Crippen molar-refractivity contribution in [2.24, 2.45) is 11.8 Å². The Labute approximate surface area is 65.9 Å². The van der Waals surface area contributed by atoms with Gasteiger partial charge in [0, 0.05) is 0 Å². The number of epoxide rings is 2. The Hall–Kier alpha value is -0.0800. The summed E-state index contributed by atoms with van der Waals surface area (Å²) >= 11 is 0. The largest absolute Gasteiger partial charge is 0.370 e. The molecule has 0 radical (unpaired) electrons. The fourth-order valence-corrected chi connectivity index (χ4v) is 3.22. The van der Waals surface area contributed by atoms with E-state index in [0.29, 0.717) is 24.4 Å². The van der Waals surface area contributed by atoms with Crippen LogP contribution in [0, 0.1) is 11.8 Å². The highest BCUT2D eigenvalue weighted by atomic mass is 16.6. The Morgan fingerprint density at radius 3 is 2.64 bits per heavy atom. The minimum Gasteiger partial charge on any atom is -0.370 e. The third-order valence-electron chi connectivity index (χ3n) is 3.91. The lowest BCUT2D eigenvalue weighted by Crippen LogP contribution is -2.24. The van der Waals surface area contributed by atoms with E-state index in [1.165, 1.54) is 19.3 Å². The summed E-state index contributed by atoms with van der Waals surface area (Å²) in [5, 5.41) is 0. The molecule has 0 aromatic carbocycles. The Bertz CT molecular complexity index is 216. The smallest absolute Gasteiger partial charge is 0.0873 e. The lowest BCUT2D eigenvalue weighted by Gasteiger charge is -2.23. The highest BCUT2D eigenvalue weighted by Gasteiger charge is 2.61. The van der Waals surface area contributed by atoms with Crippen LogP contribution in [0.1, 0.15) is 19.3 Å². The van der Waals surface area contributed by atoms with Crippen molar-refractivity contribution in [3.05, 3.63) is 0 Å². The van der Waals surface area contributed by atoms with Gasteiger partial charge in [-0.05, 0) is 31.1 Å². The Balaban J connectivity index is 1.65. The monoisotopic (exact) mass is 152 g/mol. The van der Waals surface area contributed by atoms with E-state index in [-0.39, 0.29) is 0 Å². The first-order chi connectivity index (χ1) is 5.42. The minimum atomic E-state index is 0.638. The molecule has 0 unspecified atom stereocenters. The van der Waals surface area contributed by atoms with Gasteiger partial charge in [0.05, 0.1) is 24.4 Å². The summed E-state index contributed by atoms with van der Waals surface area (Å²) in [5.41, 5.74) is 0. The molecule has 2 heterocycles. The van der Waals surface area contributed by atoms with Crippen molar-refractivity contribution in [1.82, 2.24) is 0 Å². The lowest BCUT2D eigenvalue weighted by atomic mass is 9.81. The molecule has 6 atom stereocenters. The van der Waals surface area contributed by atoms with Crippen LogP contribution in [0.15, 0.2) is 0 Å². The van der Waals surface area contributed by atoms with Gasteiger partial charge in [0.1, 0.15) is 0 Å². The van der Waals surface area contributed by atoms with Crippen molar-refractivity contribution in [3.63, 3.8) is 0 Å². The van der Waals surface area contributed by atoms with Crippen molar-refractivity contribution >= 4 is 0 Å². The molecule has 0 aromatic heterocycles. The van der Waals surface area contributed by atoms with E-state index >= 15 is 0 Å². The van der Waals surface area contributed by atoms with Crippen LogP contribution < -0.4 is 0 Å². The van der Waals surface area contributed by atoms with Gasteiger partial charge in [0.25, 0.3) is 0 Å². The predicted octanol–water partition coefficient (Wildman–Crippen LogP) is 0.951. The standard InChI is InChI=1S/C9H12O2/c1-4-2-8-9(11-8)5(4)3-7-6(1)10-7/h4-9H,1-3H2/t4-,5+,6-,7+,8+,9-/m0/s1. The molecule has 4 aliphatic rings. The third-order valence-corrected chi connectivity index (χ3v) is 3.91. The quantitative estimate of drug-likeness (QED) is 0.483. The third kappa shape index (κ3) is 0.611. The Kier molecular flexibility index (Phi) is 0.758. The van der Waals surface area contributed by atoms with Gasteiger partial charge < -0.3 is 9.47 Å². The van der Waals surface area contributed by atoms with Crippen LogP contribution in [0.5, 0.6) is 0 Å². The summed E-state index contributed by atoms with van der Waals surface area (Å²) in [7, 11) is 0. The van der Waals surface area contributed by atoms with E-state index in [0.717, 1.165) is 11.8 Å². The second-order valence-corrected chi connectivity index (χ2v) is 4.48. The average Bonchev–Trinajstić information content (AvgIpc) is 2.84. The predicted molar refractivity (Wildman–Crippen MR) is 38.2 cm³/mol. The normalized spacial score (nSPS) is 69.8. The summed E-state index contributed by atoms with van der Waals surface area (Å²) in [6.07, 6.45) is 6.60. The zero-order chi connectivity index (χ0) is 7.00. The van der Waals surface area contributed by atoms with E-state index in [4.69, 9.17) is 9.47 Å². The van der Waals surface area contributed by atoms with E-state index < -0.39 is 0 Å². The summed E-state index contributed by atoms with van der Waals surface area (Å²) in [4.78, 5) is 0. The molecule has 0 N–H and O–H groups in total. The zero-order valence-electron chi connectivity index (χ0n) is 6.40. The number of ether oxygens (including phenoxy) is 2. The van der Waals surface area contributed by atoms with Gasteiger partial charge in [-0.15, -0.1) is 0 Å². The fraction of sp³-hybridized carbons (Fsp3) is 1.00. The summed E-state index contributed by atoms with van der Waals surface area (Å²) in [6.45, 7) is 0. The molecule has 0 aromatic rings. The highest BCUT2D eigenvalue weighted by molar-refractivity contribution is 5.09. The molecule has 0 amide bonds. The highest BCUT2D eigenvalue weighted by Crippen LogP contribution is 2.56. The van der Waals surface area contributed by atoms with Crippen LogP contribution in [0.25, 0.3) is 0 Å². The summed E-state index contributed by atoms with van der Waals surface area (Å²) in [5.74, 6) is 1.84. The van der Waals surface area contributed by atoms with E-state index in [1.54, 1.807) is 0 Å². The van der Waals surface area contributed by atoms with Crippen molar-refractivity contribution in [3.8, 4) is 0 Å². The van der Waals surface area contributed by atoms with Crippen LogP contribution in [-0.4, -0.2) is 24.4 Å². The molecule has 0 spiro atoms.